The number of hydrogen-bond donors (Lipinski definition) is 2. The number of ketones is 1. The van der Waals surface area contributed by atoms with E-state index >= 15 is 0 Å². The van der Waals surface area contributed by atoms with Crippen molar-refractivity contribution in [2.45, 2.75) is 23.5 Å². The van der Waals surface area contributed by atoms with Crippen molar-refractivity contribution >= 4 is 48.9 Å². The molecule has 0 radical (unpaired) electrons. The lowest BCUT2D eigenvalue weighted by molar-refractivity contribution is 0.0959. The molecule has 1 aliphatic heterocycles. The van der Waals surface area contributed by atoms with Crippen LogP contribution in [0.2, 0.25) is 0 Å². The number of hydrogen-bond acceptors (Lipinski definition) is 6. The summed E-state index contributed by atoms with van der Waals surface area (Å²) in [6, 6.07) is 8.92. The van der Waals surface area contributed by atoms with E-state index in [-0.39, 0.29) is 10.5 Å². The molecule has 2 aromatic carbocycles. The first-order valence-corrected chi connectivity index (χ1v) is 10.3. The molecular formula is C20H15FN4O3S. The summed E-state index contributed by atoms with van der Waals surface area (Å²) in [6.07, 6.45) is 1.55. The number of carbonyl (C=O) groups excluding carboxylic acids is 1. The minimum absolute atomic E-state index is 0.00557. The van der Waals surface area contributed by atoms with Gasteiger partial charge in [-0.15, -0.1) is 0 Å². The van der Waals surface area contributed by atoms with Crippen molar-refractivity contribution in [1.82, 2.24) is 15.2 Å². The van der Waals surface area contributed by atoms with Gasteiger partial charge in [0.25, 0.3) is 0 Å². The number of carbonyl (C=O) groups is 1. The van der Waals surface area contributed by atoms with Gasteiger partial charge < -0.3 is 5.32 Å². The second-order valence-electron chi connectivity index (χ2n) is 7.45. The Morgan fingerprint density at radius 2 is 1.90 bits per heavy atom. The molecule has 0 spiro atoms. The van der Waals surface area contributed by atoms with Gasteiger partial charge in [-0.1, -0.05) is 0 Å². The summed E-state index contributed by atoms with van der Waals surface area (Å²) in [5.41, 5.74) is 1.83. The predicted octanol–water partition coefficient (Wildman–Crippen LogP) is 3.74. The highest BCUT2D eigenvalue weighted by atomic mass is 32.2. The molecule has 29 heavy (non-hydrogen) atoms. The minimum atomic E-state index is -3.82. The number of aromatic amines is 1. The van der Waals surface area contributed by atoms with Gasteiger partial charge in [0, 0.05) is 22.5 Å². The van der Waals surface area contributed by atoms with Crippen LogP contribution in [-0.2, 0) is 9.84 Å². The molecule has 0 atom stereocenters. The summed E-state index contributed by atoms with van der Waals surface area (Å²) in [4.78, 5) is 16.9. The highest BCUT2D eigenvalue weighted by Gasteiger charge is 2.51. The van der Waals surface area contributed by atoms with Gasteiger partial charge in [0.05, 0.1) is 21.6 Å². The van der Waals surface area contributed by atoms with Gasteiger partial charge >= 0.3 is 0 Å². The second-order valence-corrected chi connectivity index (χ2v) is 9.92. The maximum Gasteiger partial charge on any atom is 0.191 e. The van der Waals surface area contributed by atoms with Gasteiger partial charge in [-0.3, -0.25) is 14.9 Å². The molecule has 7 nitrogen and oxygen atoms in total. The number of nitrogens with one attached hydrogen (secondary N) is 2. The van der Waals surface area contributed by atoms with Gasteiger partial charge in [0.1, 0.15) is 10.6 Å². The second kappa shape index (κ2) is 5.60. The number of anilines is 2. The fourth-order valence-electron chi connectivity index (χ4n) is 3.61. The van der Waals surface area contributed by atoms with Crippen molar-refractivity contribution in [1.29, 1.82) is 0 Å². The topological polar surface area (TPSA) is 105 Å². The number of benzene rings is 2. The first-order chi connectivity index (χ1) is 13.7. The molecule has 3 heterocycles. The summed E-state index contributed by atoms with van der Waals surface area (Å²) in [5.74, 6) is -0.443. The van der Waals surface area contributed by atoms with Crippen LogP contribution in [0.4, 0.5) is 15.9 Å². The van der Waals surface area contributed by atoms with Crippen LogP contribution in [0.25, 0.3) is 21.8 Å². The average molecular weight is 410 g/mol. The van der Waals surface area contributed by atoms with Gasteiger partial charge in [0.15, 0.2) is 21.4 Å². The van der Waals surface area contributed by atoms with Crippen LogP contribution < -0.4 is 5.32 Å². The zero-order chi connectivity index (χ0) is 20.6. The monoisotopic (exact) mass is 410 g/mol. The largest absolute Gasteiger partial charge is 0.338 e. The zero-order valence-electron chi connectivity index (χ0n) is 15.4. The van der Waals surface area contributed by atoms with Gasteiger partial charge in [-0.05, 0) is 50.2 Å². The molecule has 1 aliphatic rings. The van der Waals surface area contributed by atoms with Crippen LogP contribution >= 0.6 is 0 Å². The standard InChI is InChI=1S/C20H15FN4O3S/c1-20(2)18(26)13-8-16-11(9-17(13)29(20,27)28)14(5-6-22-16)23-19-12-7-10(21)3-4-15(12)24-25-19/h3-9H,1-2H3,(H2,22,23,24,25). The number of rotatable bonds is 2. The number of sulfone groups is 1. The Balaban J connectivity index is 1.71. The highest BCUT2D eigenvalue weighted by molar-refractivity contribution is 7.94. The summed E-state index contributed by atoms with van der Waals surface area (Å²) in [7, 11) is -3.82. The Bertz CT molecular complexity index is 1460. The number of nitrogens with zero attached hydrogens (tertiary/aromatic N) is 2. The fourth-order valence-corrected chi connectivity index (χ4v) is 5.23. The third-order valence-electron chi connectivity index (χ3n) is 5.37. The normalized spacial score (nSPS) is 17.0. The smallest absolute Gasteiger partial charge is 0.191 e. The lowest BCUT2D eigenvalue weighted by Crippen LogP contribution is -2.33. The van der Waals surface area contributed by atoms with E-state index in [1.807, 2.05) is 0 Å². The van der Waals surface area contributed by atoms with E-state index in [2.05, 4.69) is 20.5 Å². The first-order valence-electron chi connectivity index (χ1n) is 8.83. The lowest BCUT2D eigenvalue weighted by atomic mass is 9.99. The maximum absolute atomic E-state index is 13.7. The van der Waals surface area contributed by atoms with Crippen LogP contribution in [0.3, 0.4) is 0 Å². The SMILES string of the molecule is CC1(C)C(=O)c2cc3nccc(Nc4n[nH]c5ccc(F)cc45)c3cc2S1(=O)=O. The first kappa shape index (κ1) is 17.7. The maximum atomic E-state index is 13.7. The van der Waals surface area contributed by atoms with E-state index in [1.165, 1.54) is 38.1 Å². The third-order valence-corrected chi connectivity index (χ3v) is 7.82. The van der Waals surface area contributed by atoms with Crippen molar-refractivity contribution in [3.63, 3.8) is 0 Å². The average Bonchev–Trinajstić information content (AvgIpc) is 3.13. The molecule has 0 aliphatic carbocycles. The summed E-state index contributed by atoms with van der Waals surface area (Å²) >= 11 is 0. The molecule has 0 saturated carbocycles. The van der Waals surface area contributed by atoms with Crippen molar-refractivity contribution in [2.24, 2.45) is 0 Å². The Labute approximate surface area is 164 Å². The Hall–Kier alpha value is -3.33. The number of H-pyrrole nitrogens is 1. The summed E-state index contributed by atoms with van der Waals surface area (Å²) < 4.78 is 37.9. The molecule has 0 fully saturated rings. The van der Waals surface area contributed by atoms with Crippen LogP contribution in [0.1, 0.15) is 24.2 Å². The molecule has 0 unspecified atom stereocenters. The van der Waals surface area contributed by atoms with Gasteiger partial charge in [-0.25, -0.2) is 12.8 Å². The van der Waals surface area contributed by atoms with E-state index in [1.54, 1.807) is 18.3 Å². The third kappa shape index (κ3) is 2.34. The van der Waals surface area contributed by atoms with Crippen LogP contribution in [0, 0.1) is 5.82 Å². The van der Waals surface area contributed by atoms with Gasteiger partial charge in [-0.2, -0.15) is 5.10 Å². The molecule has 2 N–H and O–H groups in total. The Morgan fingerprint density at radius 1 is 1.10 bits per heavy atom. The van der Waals surface area contributed by atoms with Crippen molar-refractivity contribution in [3.8, 4) is 0 Å². The molecule has 0 bridgehead atoms. The Morgan fingerprint density at radius 3 is 2.69 bits per heavy atom. The quantitative estimate of drug-likeness (QED) is 0.522. The van der Waals surface area contributed by atoms with Crippen molar-refractivity contribution in [3.05, 3.63) is 54.0 Å². The molecule has 5 rings (SSSR count). The number of fused-ring (bicyclic) bond motifs is 3. The van der Waals surface area contributed by atoms with Crippen LogP contribution in [0.5, 0.6) is 0 Å². The molecule has 0 amide bonds. The number of halogens is 1. The highest BCUT2D eigenvalue weighted by Crippen LogP contribution is 2.41. The van der Waals surface area contributed by atoms with E-state index in [9.17, 15) is 17.6 Å². The zero-order valence-corrected chi connectivity index (χ0v) is 16.3. The summed E-state index contributed by atoms with van der Waals surface area (Å²) in [6.45, 7) is 2.82. The fraction of sp³-hybridized carbons (Fsp3) is 0.150. The van der Waals surface area contributed by atoms with E-state index in [4.69, 9.17) is 0 Å². The van der Waals surface area contributed by atoms with Gasteiger partial charge in [0.2, 0.25) is 0 Å². The van der Waals surface area contributed by atoms with E-state index in [0.29, 0.717) is 33.3 Å². The lowest BCUT2D eigenvalue weighted by Gasteiger charge is -2.13. The van der Waals surface area contributed by atoms with E-state index in [0.717, 1.165) is 0 Å². The number of aromatic nitrogens is 3. The molecule has 2 aromatic heterocycles. The minimum Gasteiger partial charge on any atom is -0.338 e. The molecule has 4 aromatic rings. The number of Topliss-reactive ketones (excluding diaryl/α,β-unsaturated/α-hetero) is 1. The van der Waals surface area contributed by atoms with Crippen LogP contribution in [-0.4, -0.2) is 34.1 Å². The molecule has 0 saturated heterocycles. The van der Waals surface area contributed by atoms with E-state index < -0.39 is 26.2 Å². The Kier molecular flexibility index (Phi) is 3.43. The van der Waals surface area contributed by atoms with Crippen molar-refractivity contribution < 1.29 is 17.6 Å². The van der Waals surface area contributed by atoms with Crippen LogP contribution in [0.15, 0.2) is 47.5 Å². The molecular weight excluding hydrogens is 395 g/mol. The molecule has 146 valence electrons. The predicted molar refractivity (Wildman–Crippen MR) is 107 cm³/mol. The van der Waals surface area contributed by atoms with Crippen molar-refractivity contribution in [2.75, 3.05) is 5.32 Å². The molecule has 9 heteroatoms. The number of pyridine rings is 1. The summed E-state index contributed by atoms with van der Waals surface area (Å²) in [5, 5.41) is 11.2.